The average Bonchev–Trinajstić information content (AvgIpc) is 2.96. The van der Waals surface area contributed by atoms with Gasteiger partial charge in [-0.15, -0.1) is 0 Å². The lowest BCUT2D eigenvalue weighted by Crippen LogP contribution is -2.43. The van der Waals surface area contributed by atoms with Crippen LogP contribution in [0, 0.1) is 0 Å². The Bertz CT molecular complexity index is 770. The molecule has 1 amide bonds. The van der Waals surface area contributed by atoms with Crippen molar-refractivity contribution in [3.8, 4) is 0 Å². The number of sulfone groups is 1. The molecule has 1 aliphatic heterocycles. The van der Waals surface area contributed by atoms with Gasteiger partial charge in [-0.1, -0.05) is 0 Å². The van der Waals surface area contributed by atoms with Gasteiger partial charge in [-0.3, -0.25) is 9.69 Å². The Kier molecular flexibility index (Phi) is 4.12. The Labute approximate surface area is 128 Å². The summed E-state index contributed by atoms with van der Waals surface area (Å²) in [5.41, 5.74) is 2.23. The minimum atomic E-state index is -2.85. The molecule has 3 rings (SSSR count). The van der Waals surface area contributed by atoms with Crippen LogP contribution in [0.25, 0.3) is 11.0 Å². The van der Waals surface area contributed by atoms with Crippen LogP contribution in [-0.4, -0.2) is 66.9 Å². The molecule has 8 heteroatoms. The van der Waals surface area contributed by atoms with Gasteiger partial charge in [-0.25, -0.2) is 13.4 Å². The fourth-order valence-corrected chi connectivity index (χ4v) is 3.76. The second-order valence-corrected chi connectivity index (χ2v) is 7.69. The highest BCUT2D eigenvalue weighted by Crippen LogP contribution is 2.11. The van der Waals surface area contributed by atoms with Crippen molar-refractivity contribution < 1.29 is 13.2 Å². The molecule has 0 radical (unpaired) electrons. The monoisotopic (exact) mass is 322 g/mol. The van der Waals surface area contributed by atoms with Gasteiger partial charge in [0, 0.05) is 31.7 Å². The third-order valence-electron chi connectivity index (χ3n) is 3.83. The van der Waals surface area contributed by atoms with Gasteiger partial charge < -0.3 is 10.3 Å². The number of aromatic amines is 1. The quantitative estimate of drug-likeness (QED) is 0.828. The Hall–Kier alpha value is -1.93. The van der Waals surface area contributed by atoms with Crippen LogP contribution >= 0.6 is 0 Å². The molecule has 2 N–H and O–H groups in total. The number of hydrogen-bond acceptors (Lipinski definition) is 5. The third kappa shape index (κ3) is 3.45. The maximum absolute atomic E-state index is 12.1. The van der Waals surface area contributed by atoms with E-state index in [1.165, 1.54) is 0 Å². The predicted molar refractivity (Wildman–Crippen MR) is 83.5 cm³/mol. The van der Waals surface area contributed by atoms with Crippen molar-refractivity contribution in [3.05, 3.63) is 30.1 Å². The number of nitrogens with zero attached hydrogens (tertiary/aromatic N) is 2. The Balaban J connectivity index is 1.50. The van der Waals surface area contributed by atoms with Crippen molar-refractivity contribution in [2.45, 2.75) is 0 Å². The van der Waals surface area contributed by atoms with Crippen molar-refractivity contribution in [1.29, 1.82) is 0 Å². The van der Waals surface area contributed by atoms with Gasteiger partial charge in [0.1, 0.15) is 0 Å². The first-order valence-electron chi connectivity index (χ1n) is 7.18. The van der Waals surface area contributed by atoms with Crippen molar-refractivity contribution in [2.24, 2.45) is 0 Å². The summed E-state index contributed by atoms with van der Waals surface area (Å²) < 4.78 is 22.7. The fourth-order valence-electron chi connectivity index (χ4n) is 2.48. The average molecular weight is 322 g/mol. The summed E-state index contributed by atoms with van der Waals surface area (Å²) in [6.45, 7) is 2.24. The molecule has 0 bridgehead atoms. The SMILES string of the molecule is O=C(NCCN1CCS(=O)(=O)CC1)c1ccc2nc[nH]c2c1. The van der Waals surface area contributed by atoms with Crippen LogP contribution in [0.15, 0.2) is 24.5 Å². The number of fused-ring (bicyclic) bond motifs is 1. The van der Waals surface area contributed by atoms with E-state index in [0.29, 0.717) is 31.7 Å². The number of imidazole rings is 1. The molecule has 1 aliphatic rings. The van der Waals surface area contributed by atoms with E-state index in [2.05, 4.69) is 20.2 Å². The molecule has 0 saturated carbocycles. The van der Waals surface area contributed by atoms with Crippen LogP contribution < -0.4 is 5.32 Å². The van der Waals surface area contributed by atoms with Crippen LogP contribution in [0.4, 0.5) is 0 Å². The van der Waals surface area contributed by atoms with E-state index in [0.717, 1.165) is 11.0 Å². The Morgan fingerprint density at radius 2 is 2.09 bits per heavy atom. The van der Waals surface area contributed by atoms with Gasteiger partial charge in [0.2, 0.25) is 0 Å². The van der Waals surface area contributed by atoms with E-state index >= 15 is 0 Å². The van der Waals surface area contributed by atoms with Gasteiger partial charge in [0.15, 0.2) is 9.84 Å². The smallest absolute Gasteiger partial charge is 0.251 e. The summed E-state index contributed by atoms with van der Waals surface area (Å²) in [5.74, 6) is 0.274. The van der Waals surface area contributed by atoms with Crippen LogP contribution in [0.5, 0.6) is 0 Å². The fraction of sp³-hybridized carbons (Fsp3) is 0.429. The number of rotatable bonds is 4. The molecule has 0 aliphatic carbocycles. The summed E-state index contributed by atoms with van der Waals surface area (Å²) in [5, 5.41) is 2.86. The minimum Gasteiger partial charge on any atom is -0.351 e. The summed E-state index contributed by atoms with van der Waals surface area (Å²) in [4.78, 5) is 21.2. The molecule has 1 fully saturated rings. The van der Waals surface area contributed by atoms with Gasteiger partial charge in [0.05, 0.1) is 28.9 Å². The molecular formula is C14H18N4O3S. The van der Waals surface area contributed by atoms with E-state index in [-0.39, 0.29) is 17.4 Å². The highest BCUT2D eigenvalue weighted by molar-refractivity contribution is 7.91. The molecule has 1 aromatic carbocycles. The van der Waals surface area contributed by atoms with Crippen molar-refractivity contribution in [2.75, 3.05) is 37.7 Å². The standard InChI is InChI=1S/C14H18N4O3S/c19-14(11-1-2-12-13(9-11)17-10-16-12)15-3-4-18-5-7-22(20,21)8-6-18/h1-2,9-10H,3-8H2,(H,15,19)(H,16,17). The lowest BCUT2D eigenvalue weighted by molar-refractivity contribution is 0.0949. The van der Waals surface area contributed by atoms with E-state index in [4.69, 9.17) is 0 Å². The van der Waals surface area contributed by atoms with Crippen LogP contribution in [-0.2, 0) is 9.84 Å². The number of aromatic nitrogens is 2. The van der Waals surface area contributed by atoms with Crippen molar-refractivity contribution in [1.82, 2.24) is 20.2 Å². The molecule has 118 valence electrons. The molecule has 0 unspecified atom stereocenters. The molecule has 7 nitrogen and oxygen atoms in total. The summed E-state index contributed by atoms with van der Waals surface area (Å²) in [6, 6.07) is 5.31. The topological polar surface area (TPSA) is 95.2 Å². The number of carbonyl (C=O) groups is 1. The molecule has 0 atom stereocenters. The summed E-state index contributed by atoms with van der Waals surface area (Å²) in [6.07, 6.45) is 1.59. The second kappa shape index (κ2) is 6.05. The largest absolute Gasteiger partial charge is 0.351 e. The van der Waals surface area contributed by atoms with Crippen molar-refractivity contribution >= 4 is 26.8 Å². The number of amides is 1. The molecule has 2 heterocycles. The number of hydrogen-bond donors (Lipinski definition) is 2. The number of benzene rings is 1. The van der Waals surface area contributed by atoms with Gasteiger partial charge in [0.25, 0.3) is 5.91 Å². The maximum atomic E-state index is 12.1. The van der Waals surface area contributed by atoms with E-state index < -0.39 is 9.84 Å². The number of nitrogens with one attached hydrogen (secondary N) is 2. The maximum Gasteiger partial charge on any atom is 0.251 e. The summed E-state index contributed by atoms with van der Waals surface area (Å²) >= 11 is 0. The molecule has 1 saturated heterocycles. The van der Waals surface area contributed by atoms with E-state index in [1.54, 1.807) is 24.5 Å². The first-order chi connectivity index (χ1) is 10.5. The molecule has 0 spiro atoms. The molecule has 2 aromatic rings. The molecule has 1 aromatic heterocycles. The van der Waals surface area contributed by atoms with Gasteiger partial charge in [-0.05, 0) is 18.2 Å². The normalized spacial score (nSPS) is 18.4. The van der Waals surface area contributed by atoms with Crippen molar-refractivity contribution in [3.63, 3.8) is 0 Å². The van der Waals surface area contributed by atoms with Crippen LogP contribution in [0.3, 0.4) is 0 Å². The zero-order chi connectivity index (χ0) is 15.6. The van der Waals surface area contributed by atoms with Gasteiger partial charge >= 0.3 is 0 Å². The summed E-state index contributed by atoms with van der Waals surface area (Å²) in [7, 11) is -2.85. The zero-order valence-electron chi connectivity index (χ0n) is 12.1. The Morgan fingerprint density at radius 3 is 2.86 bits per heavy atom. The first-order valence-corrected chi connectivity index (χ1v) is 9.00. The third-order valence-corrected chi connectivity index (χ3v) is 5.44. The van der Waals surface area contributed by atoms with E-state index in [1.807, 2.05) is 0 Å². The number of carbonyl (C=O) groups excluding carboxylic acids is 1. The zero-order valence-corrected chi connectivity index (χ0v) is 12.9. The molecule has 22 heavy (non-hydrogen) atoms. The highest BCUT2D eigenvalue weighted by atomic mass is 32.2. The van der Waals surface area contributed by atoms with E-state index in [9.17, 15) is 13.2 Å². The number of H-pyrrole nitrogens is 1. The Morgan fingerprint density at radius 1 is 1.32 bits per heavy atom. The lowest BCUT2D eigenvalue weighted by atomic mass is 10.2. The van der Waals surface area contributed by atoms with Crippen LogP contribution in [0.1, 0.15) is 10.4 Å². The second-order valence-electron chi connectivity index (χ2n) is 5.38. The highest BCUT2D eigenvalue weighted by Gasteiger charge is 2.21. The lowest BCUT2D eigenvalue weighted by Gasteiger charge is -2.26. The predicted octanol–water partition coefficient (Wildman–Crippen LogP) is 0.0231. The van der Waals surface area contributed by atoms with Gasteiger partial charge in [-0.2, -0.15) is 0 Å². The van der Waals surface area contributed by atoms with Crippen LogP contribution in [0.2, 0.25) is 0 Å². The first kappa shape index (κ1) is 15.0. The molecular weight excluding hydrogens is 304 g/mol. The minimum absolute atomic E-state index is 0.138.